The number of hydrogen-bond acceptors (Lipinski definition) is 7. The van der Waals surface area contributed by atoms with Crippen molar-refractivity contribution in [1.82, 2.24) is 9.97 Å². The number of aromatic nitrogens is 2. The highest BCUT2D eigenvalue weighted by atomic mass is 19.1. The number of benzene rings is 2. The topological polar surface area (TPSA) is 74.7 Å². The lowest BCUT2D eigenvalue weighted by atomic mass is 10.2. The summed E-state index contributed by atoms with van der Waals surface area (Å²) in [5.41, 5.74) is 0.588. The number of methoxy groups -OCH3 is 2. The van der Waals surface area contributed by atoms with Crippen molar-refractivity contribution in [2.24, 2.45) is 0 Å². The summed E-state index contributed by atoms with van der Waals surface area (Å²) in [5, 5.41) is 3.21. The molecule has 0 spiro atoms. The van der Waals surface area contributed by atoms with Crippen molar-refractivity contribution < 1.29 is 37.0 Å². The number of halogens is 1. The maximum atomic E-state index is 13.6. The van der Waals surface area contributed by atoms with Crippen LogP contribution in [0.5, 0.6) is 11.5 Å². The van der Waals surface area contributed by atoms with E-state index in [1.165, 1.54) is 36.7 Å². The maximum absolute atomic E-state index is 13.6. The number of nitrogens with zero attached hydrogens (tertiary/aromatic N) is 2. The Morgan fingerprint density at radius 1 is 1.04 bits per heavy atom. The molecule has 0 radical (unpaired) electrons. The quantitative estimate of drug-likeness (QED) is 0.561. The second kappa shape index (κ2) is 9.82. The van der Waals surface area contributed by atoms with Gasteiger partial charge in [-0.2, -0.15) is 0 Å². The molecule has 0 aliphatic heterocycles. The number of anilines is 2. The lowest BCUT2D eigenvalue weighted by molar-refractivity contribution is 0.132. The van der Waals surface area contributed by atoms with E-state index in [2.05, 4.69) is 24.8 Å². The smallest absolute Gasteiger partial charge is 0.163 e. The largest absolute Gasteiger partial charge is 0.487 e. The van der Waals surface area contributed by atoms with Crippen LogP contribution in [-0.2, 0) is 9.47 Å². The Morgan fingerprint density at radius 3 is 2.50 bits per heavy atom. The Morgan fingerprint density at radius 2 is 1.79 bits per heavy atom. The van der Waals surface area contributed by atoms with E-state index >= 15 is 0 Å². The van der Waals surface area contributed by atoms with Gasteiger partial charge in [-0.05, 0) is 24.3 Å². The van der Waals surface area contributed by atoms with E-state index in [4.69, 9.17) is 23.2 Å². The van der Waals surface area contributed by atoms with Gasteiger partial charge in [0.2, 0.25) is 0 Å². The lowest BCUT2D eigenvalue weighted by Crippen LogP contribution is -2.09. The molecule has 0 unspecified atom stereocenters. The first kappa shape index (κ1) is 10.5. The molecule has 3 rings (SSSR count). The highest BCUT2D eigenvalue weighted by Gasteiger charge is 2.13. The fraction of sp³-hybridized carbons (Fsp3) is 0.300. The standard InChI is InChI=1S/C20H22FN3O4/c1-25-6-8-27-18-11-16-17(12-19(18)28-9-7-26-2)22-13-23-20(16)24-15-5-3-4-14(21)10-15/h3-5,10-13H,6-9H2,1-2H3,(H,22,23,24)/i1D3,2D3,6D2,7D2. The van der Waals surface area contributed by atoms with Crippen LogP contribution in [0, 0.1) is 5.82 Å². The predicted octanol–water partition coefficient (Wildman–Crippen LogP) is 3.56. The predicted molar refractivity (Wildman–Crippen MR) is 104 cm³/mol. The van der Waals surface area contributed by atoms with Gasteiger partial charge < -0.3 is 24.3 Å². The monoisotopic (exact) mass is 397 g/mol. The summed E-state index contributed by atoms with van der Waals surface area (Å²) in [6, 6.07) is 8.12. The van der Waals surface area contributed by atoms with Crippen LogP contribution in [0.25, 0.3) is 10.9 Å². The van der Waals surface area contributed by atoms with Crippen LogP contribution in [0.15, 0.2) is 42.7 Å². The van der Waals surface area contributed by atoms with Gasteiger partial charge in [0, 0.05) is 31.2 Å². The molecule has 8 heteroatoms. The van der Waals surface area contributed by atoms with Crippen LogP contribution in [0.4, 0.5) is 15.9 Å². The maximum Gasteiger partial charge on any atom is 0.163 e. The van der Waals surface area contributed by atoms with Gasteiger partial charge in [-0.1, -0.05) is 6.07 Å². The first-order valence-electron chi connectivity index (χ1n) is 12.9. The van der Waals surface area contributed by atoms with Crippen LogP contribution in [0.3, 0.4) is 0 Å². The van der Waals surface area contributed by atoms with E-state index in [0.717, 1.165) is 0 Å². The van der Waals surface area contributed by atoms with E-state index in [1.807, 2.05) is 0 Å². The minimum absolute atomic E-state index is 0.194. The summed E-state index contributed by atoms with van der Waals surface area (Å²) in [6.07, 6.45) is 1.19. The molecule has 0 fully saturated rings. The zero-order chi connectivity index (χ0) is 28.4. The lowest BCUT2D eigenvalue weighted by Gasteiger charge is -2.15. The van der Waals surface area contributed by atoms with Gasteiger partial charge in [0.05, 0.1) is 32.3 Å². The van der Waals surface area contributed by atoms with Crippen molar-refractivity contribution in [2.45, 2.75) is 0 Å². The molecule has 1 heterocycles. The molecule has 28 heavy (non-hydrogen) atoms. The Bertz CT molecular complexity index is 1270. The summed E-state index contributed by atoms with van der Waals surface area (Å²) in [6.45, 7) is -7.36. The molecule has 0 saturated heterocycles. The van der Waals surface area contributed by atoms with Crippen molar-refractivity contribution in [3.63, 3.8) is 0 Å². The van der Waals surface area contributed by atoms with Crippen molar-refractivity contribution in [2.75, 3.05) is 45.7 Å². The molecule has 0 atom stereocenters. The Balaban J connectivity index is 1.97. The Labute approximate surface area is 176 Å². The molecule has 2 aromatic carbocycles. The second-order valence-corrected chi connectivity index (χ2v) is 5.24. The van der Waals surface area contributed by atoms with Crippen molar-refractivity contribution >= 4 is 22.4 Å². The first-order chi connectivity index (χ1) is 17.4. The molecule has 1 N–H and O–H groups in total. The molecular weight excluding hydrogens is 365 g/mol. The third kappa shape index (κ3) is 5.05. The van der Waals surface area contributed by atoms with E-state index in [-0.39, 0.29) is 28.2 Å². The highest BCUT2D eigenvalue weighted by molar-refractivity contribution is 5.93. The van der Waals surface area contributed by atoms with Crippen LogP contribution < -0.4 is 14.8 Å². The number of nitrogens with one attached hydrogen (secondary N) is 1. The summed E-state index contributed by atoms with van der Waals surface area (Å²) in [4.78, 5) is 8.24. The van der Waals surface area contributed by atoms with Crippen molar-refractivity contribution in [3.05, 3.63) is 48.5 Å². The molecule has 0 amide bonds. The molecular formula is C20H22FN3O4. The van der Waals surface area contributed by atoms with Gasteiger partial charge in [0.1, 0.15) is 31.2 Å². The molecule has 0 saturated carbocycles. The number of ether oxygens (including phenoxy) is 4. The first-order valence-corrected chi connectivity index (χ1v) is 7.89. The minimum atomic E-state index is -3.06. The minimum Gasteiger partial charge on any atom is -0.487 e. The fourth-order valence-corrected chi connectivity index (χ4v) is 2.37. The molecule has 0 aliphatic rings. The zero-order valence-corrected chi connectivity index (χ0v) is 14.4. The molecule has 7 nitrogen and oxygen atoms in total. The Kier molecular flexibility index (Phi) is 3.70. The van der Waals surface area contributed by atoms with E-state index < -0.39 is 46.2 Å². The normalized spacial score (nSPS) is 18.0. The number of fused-ring (bicyclic) bond motifs is 1. The molecule has 3 aromatic rings. The summed E-state index contributed by atoms with van der Waals surface area (Å²) in [7, 11) is -6.11. The number of rotatable bonds is 10. The van der Waals surface area contributed by atoms with E-state index in [0.29, 0.717) is 5.69 Å². The average molecular weight is 397 g/mol. The second-order valence-electron chi connectivity index (χ2n) is 5.24. The molecule has 148 valence electrons. The third-order valence-corrected chi connectivity index (χ3v) is 3.51. The number of hydrogen-bond donors (Lipinski definition) is 1. The average Bonchev–Trinajstić information content (AvgIpc) is 2.73. The highest BCUT2D eigenvalue weighted by Crippen LogP contribution is 2.35. The summed E-state index contributed by atoms with van der Waals surface area (Å²) >= 11 is 0. The van der Waals surface area contributed by atoms with Gasteiger partial charge in [0.25, 0.3) is 0 Å². The molecule has 0 bridgehead atoms. The zero-order valence-electron chi connectivity index (χ0n) is 24.4. The third-order valence-electron chi connectivity index (χ3n) is 3.51. The van der Waals surface area contributed by atoms with Gasteiger partial charge in [0.15, 0.2) is 11.5 Å². The molecule has 1 aromatic heterocycles. The van der Waals surface area contributed by atoms with Gasteiger partial charge >= 0.3 is 0 Å². The van der Waals surface area contributed by atoms with Crippen molar-refractivity contribution in [1.29, 1.82) is 0 Å². The summed E-state index contributed by atoms with van der Waals surface area (Å²) in [5.74, 6) is -0.717. The van der Waals surface area contributed by atoms with Gasteiger partial charge in [-0.15, -0.1) is 0 Å². The van der Waals surface area contributed by atoms with E-state index in [1.54, 1.807) is 6.07 Å². The van der Waals surface area contributed by atoms with Gasteiger partial charge in [-0.25, -0.2) is 14.4 Å². The van der Waals surface area contributed by atoms with Crippen LogP contribution in [0.1, 0.15) is 13.7 Å². The Hall–Kier alpha value is -2.97. The summed E-state index contributed by atoms with van der Waals surface area (Å²) < 4.78 is 107. The molecule has 0 aliphatic carbocycles. The fourth-order valence-electron chi connectivity index (χ4n) is 2.37. The van der Waals surface area contributed by atoms with Crippen LogP contribution in [-0.4, -0.2) is 50.4 Å². The van der Waals surface area contributed by atoms with Gasteiger partial charge in [-0.3, -0.25) is 0 Å². The van der Waals surface area contributed by atoms with Crippen LogP contribution in [0.2, 0.25) is 0 Å². The van der Waals surface area contributed by atoms with Crippen molar-refractivity contribution in [3.8, 4) is 11.5 Å². The van der Waals surface area contributed by atoms with Crippen LogP contribution >= 0.6 is 0 Å². The SMILES string of the molecule is [2H]C([2H])([2H])OC([2H])([2H])COc1cc2ncnc(Nc3cccc(F)c3)c2cc1OCC([2H])([2H])OC([2H])([2H])[2H]. The van der Waals surface area contributed by atoms with E-state index in [9.17, 15) is 4.39 Å².